The van der Waals surface area contributed by atoms with Gasteiger partial charge in [-0.2, -0.15) is 0 Å². The van der Waals surface area contributed by atoms with Crippen molar-refractivity contribution in [3.63, 3.8) is 0 Å². The maximum absolute atomic E-state index is 12.6. The Kier molecular flexibility index (Phi) is 7.17. The summed E-state index contributed by atoms with van der Waals surface area (Å²) < 4.78 is 4.74. The van der Waals surface area contributed by atoms with Crippen molar-refractivity contribution in [2.24, 2.45) is 0 Å². The van der Waals surface area contributed by atoms with Crippen molar-refractivity contribution < 1.29 is 19.1 Å². The van der Waals surface area contributed by atoms with Gasteiger partial charge in [0.2, 0.25) is 5.91 Å². The quantitative estimate of drug-likeness (QED) is 0.544. The van der Waals surface area contributed by atoms with Crippen molar-refractivity contribution in [3.05, 3.63) is 70.8 Å². The third-order valence-corrected chi connectivity index (χ3v) is 5.39. The molecule has 0 saturated heterocycles. The Hall–Kier alpha value is -2.95. The van der Waals surface area contributed by atoms with Gasteiger partial charge < -0.3 is 10.1 Å². The van der Waals surface area contributed by atoms with Crippen molar-refractivity contribution in [1.82, 2.24) is 5.32 Å². The molecule has 0 radical (unpaired) electrons. The molecule has 0 fully saturated rings. The van der Waals surface area contributed by atoms with Crippen LogP contribution < -0.4 is 5.32 Å². The predicted molar refractivity (Wildman–Crippen MR) is 111 cm³/mol. The second-order valence-electron chi connectivity index (χ2n) is 7.42. The van der Waals surface area contributed by atoms with Crippen molar-refractivity contribution in [1.29, 1.82) is 0 Å². The fraction of sp³-hybridized carbons (Fsp3) is 0.375. The highest BCUT2D eigenvalue weighted by atomic mass is 16.5. The molecule has 1 aliphatic carbocycles. The minimum absolute atomic E-state index is 0.0299. The van der Waals surface area contributed by atoms with Gasteiger partial charge in [-0.25, -0.2) is 0 Å². The molecule has 0 aliphatic heterocycles. The lowest BCUT2D eigenvalue weighted by Gasteiger charge is -2.18. The first-order valence-corrected chi connectivity index (χ1v) is 10.1. The minimum atomic E-state index is -0.477. The number of carbonyl (C=O) groups is 3. The summed E-state index contributed by atoms with van der Waals surface area (Å²) in [6.45, 7) is 0. The van der Waals surface area contributed by atoms with Gasteiger partial charge in [-0.3, -0.25) is 14.4 Å². The van der Waals surface area contributed by atoms with E-state index in [1.54, 1.807) is 0 Å². The normalized spacial score (nSPS) is 13.8. The van der Waals surface area contributed by atoms with Crippen molar-refractivity contribution in [3.8, 4) is 0 Å². The predicted octanol–water partition coefficient (Wildman–Crippen LogP) is 3.95. The van der Waals surface area contributed by atoms with Gasteiger partial charge in [0.15, 0.2) is 5.78 Å². The number of methoxy groups -OCH3 is 1. The second-order valence-corrected chi connectivity index (χ2v) is 7.42. The number of benzene rings is 2. The summed E-state index contributed by atoms with van der Waals surface area (Å²) in [5.41, 5.74) is 4.09. The van der Waals surface area contributed by atoms with E-state index >= 15 is 0 Å². The Bertz CT molecular complexity index is 876. The lowest BCUT2D eigenvalue weighted by Crippen LogP contribution is -2.30. The molecule has 152 valence electrons. The molecule has 0 unspecified atom stereocenters. The monoisotopic (exact) mass is 393 g/mol. The molecular formula is C24H27NO4. The summed E-state index contributed by atoms with van der Waals surface area (Å²) in [7, 11) is 1.32. The number of nitrogens with one attached hydrogen (secondary N) is 1. The van der Waals surface area contributed by atoms with E-state index in [1.807, 2.05) is 48.5 Å². The first-order chi connectivity index (χ1) is 14.1. The van der Waals surface area contributed by atoms with E-state index in [0.717, 1.165) is 24.8 Å². The van der Waals surface area contributed by atoms with Crippen LogP contribution in [0.5, 0.6) is 0 Å². The number of fused-ring (bicyclic) bond motifs is 1. The molecule has 1 N–H and O–H groups in total. The van der Waals surface area contributed by atoms with E-state index in [1.165, 1.54) is 24.7 Å². The fourth-order valence-electron chi connectivity index (χ4n) is 3.73. The molecule has 0 spiro atoms. The van der Waals surface area contributed by atoms with E-state index in [4.69, 9.17) is 4.74 Å². The minimum Gasteiger partial charge on any atom is -0.469 e. The van der Waals surface area contributed by atoms with E-state index in [2.05, 4.69) is 5.32 Å². The molecule has 2 aromatic carbocycles. The molecule has 1 atom stereocenters. The number of rotatable bonds is 8. The Labute approximate surface area is 171 Å². The van der Waals surface area contributed by atoms with Crippen LogP contribution in [0.2, 0.25) is 0 Å². The number of carbonyl (C=O) groups excluding carboxylic acids is 3. The molecule has 0 aromatic heterocycles. The summed E-state index contributed by atoms with van der Waals surface area (Å²) in [6.07, 6.45) is 4.73. The highest BCUT2D eigenvalue weighted by molar-refractivity contribution is 5.98. The molecule has 0 saturated carbocycles. The molecule has 5 heteroatoms. The number of hydrogen-bond acceptors (Lipinski definition) is 4. The molecule has 5 nitrogen and oxygen atoms in total. The zero-order chi connectivity index (χ0) is 20.6. The van der Waals surface area contributed by atoms with Crippen LogP contribution in [0.15, 0.2) is 48.5 Å². The summed E-state index contributed by atoms with van der Waals surface area (Å²) in [5, 5.41) is 2.86. The highest BCUT2D eigenvalue weighted by Crippen LogP contribution is 2.23. The first-order valence-electron chi connectivity index (χ1n) is 10.1. The molecule has 0 bridgehead atoms. The number of ketones is 1. The summed E-state index contributed by atoms with van der Waals surface area (Å²) in [4.78, 5) is 36.7. The number of ether oxygens (including phenoxy) is 1. The lowest BCUT2D eigenvalue weighted by atomic mass is 9.89. The molecule has 0 heterocycles. The maximum Gasteiger partial charge on any atom is 0.307 e. The van der Waals surface area contributed by atoms with Crippen molar-refractivity contribution in [2.45, 2.75) is 51.0 Å². The van der Waals surface area contributed by atoms with Crippen LogP contribution in [0.4, 0.5) is 0 Å². The topological polar surface area (TPSA) is 72.5 Å². The number of hydrogen-bond donors (Lipinski definition) is 1. The number of amides is 1. The summed E-state index contributed by atoms with van der Waals surface area (Å²) >= 11 is 0. The van der Waals surface area contributed by atoms with Gasteiger partial charge in [-0.15, -0.1) is 0 Å². The summed E-state index contributed by atoms with van der Waals surface area (Å²) in [5.74, 6) is -0.684. The average Bonchev–Trinajstić information content (AvgIpc) is 2.77. The molecule has 29 heavy (non-hydrogen) atoms. The Morgan fingerprint density at radius 2 is 1.69 bits per heavy atom. The highest BCUT2D eigenvalue weighted by Gasteiger charge is 2.20. The Balaban J connectivity index is 1.58. The van der Waals surface area contributed by atoms with Gasteiger partial charge in [-0.1, -0.05) is 42.5 Å². The number of Topliss-reactive ketones (excluding diaryl/α,β-unsaturated/α-hetero) is 1. The zero-order valence-corrected chi connectivity index (χ0v) is 16.8. The van der Waals surface area contributed by atoms with Crippen LogP contribution in [0.25, 0.3) is 0 Å². The van der Waals surface area contributed by atoms with Crippen LogP contribution in [-0.2, 0) is 27.2 Å². The van der Waals surface area contributed by atoms with Gasteiger partial charge >= 0.3 is 5.97 Å². The van der Waals surface area contributed by atoms with Crippen LogP contribution in [0, 0.1) is 0 Å². The molecule has 1 aliphatic rings. The van der Waals surface area contributed by atoms with E-state index in [0.29, 0.717) is 5.56 Å². The van der Waals surface area contributed by atoms with Gasteiger partial charge in [0.25, 0.3) is 0 Å². The number of aryl methyl sites for hydroxylation is 2. The number of esters is 1. The van der Waals surface area contributed by atoms with Crippen LogP contribution in [0.1, 0.15) is 65.2 Å². The van der Waals surface area contributed by atoms with E-state index in [-0.39, 0.29) is 31.0 Å². The largest absolute Gasteiger partial charge is 0.469 e. The molecule has 3 rings (SSSR count). The van der Waals surface area contributed by atoms with Crippen molar-refractivity contribution in [2.75, 3.05) is 7.11 Å². The SMILES string of the molecule is COC(=O)C[C@@H](NC(=O)CCC(=O)c1ccc2c(c1)CCCC2)c1ccccc1. The third-order valence-electron chi connectivity index (χ3n) is 5.39. The van der Waals surface area contributed by atoms with Gasteiger partial charge in [-0.05, 0) is 48.4 Å². The van der Waals surface area contributed by atoms with Gasteiger partial charge in [0.05, 0.1) is 19.6 Å². The standard InChI is InChI=1S/C24H27NO4/c1-29-24(28)16-21(18-8-3-2-4-9-18)25-23(27)14-13-22(26)20-12-11-17-7-5-6-10-19(17)15-20/h2-4,8-9,11-12,15,21H,5-7,10,13-14,16H2,1H3,(H,25,27)/t21-/m1/s1. The average molecular weight is 393 g/mol. The Morgan fingerprint density at radius 1 is 0.966 bits per heavy atom. The van der Waals surface area contributed by atoms with E-state index < -0.39 is 12.0 Å². The Morgan fingerprint density at radius 3 is 2.41 bits per heavy atom. The van der Waals surface area contributed by atoms with Gasteiger partial charge in [0.1, 0.15) is 0 Å². The third kappa shape index (κ3) is 5.76. The van der Waals surface area contributed by atoms with E-state index in [9.17, 15) is 14.4 Å². The van der Waals surface area contributed by atoms with Crippen molar-refractivity contribution >= 4 is 17.7 Å². The summed E-state index contributed by atoms with van der Waals surface area (Å²) in [6, 6.07) is 14.7. The van der Waals surface area contributed by atoms with Crippen LogP contribution in [0.3, 0.4) is 0 Å². The second kappa shape index (κ2) is 10.0. The molecule has 1 amide bonds. The smallest absolute Gasteiger partial charge is 0.307 e. The lowest BCUT2D eigenvalue weighted by molar-refractivity contribution is -0.141. The van der Waals surface area contributed by atoms with Crippen LogP contribution >= 0.6 is 0 Å². The molecule has 2 aromatic rings. The van der Waals surface area contributed by atoms with Crippen LogP contribution in [-0.4, -0.2) is 24.8 Å². The van der Waals surface area contributed by atoms with Gasteiger partial charge in [0, 0.05) is 18.4 Å². The zero-order valence-electron chi connectivity index (χ0n) is 16.8. The molecular weight excluding hydrogens is 366 g/mol. The first kappa shape index (κ1) is 20.8. The maximum atomic E-state index is 12.6. The fourth-order valence-corrected chi connectivity index (χ4v) is 3.73.